The van der Waals surface area contributed by atoms with Gasteiger partial charge in [0, 0.05) is 19.0 Å². The van der Waals surface area contributed by atoms with Crippen LogP contribution in [0.5, 0.6) is 0 Å². The second-order valence-electron chi connectivity index (χ2n) is 6.28. The Morgan fingerprint density at radius 3 is 2.25 bits per heavy atom. The van der Waals surface area contributed by atoms with E-state index in [1.54, 1.807) is 0 Å². The summed E-state index contributed by atoms with van der Waals surface area (Å²) in [5, 5.41) is 9.29. The summed E-state index contributed by atoms with van der Waals surface area (Å²) in [4.78, 5) is 0. The van der Waals surface area contributed by atoms with E-state index in [1.807, 2.05) is 0 Å². The maximum Gasteiger partial charge on any atom is 0.217 e. The Morgan fingerprint density at radius 1 is 1.00 bits per heavy atom. The molecule has 3 unspecified atom stereocenters. The Kier molecular flexibility index (Phi) is 3.63. The van der Waals surface area contributed by atoms with Crippen molar-refractivity contribution in [2.24, 2.45) is 11.8 Å². The lowest BCUT2D eigenvalue weighted by Crippen LogP contribution is -2.42. The van der Waals surface area contributed by atoms with Gasteiger partial charge in [0.05, 0.1) is 22.9 Å². The van der Waals surface area contributed by atoms with E-state index < -0.39 is 25.1 Å². The number of rotatable bonds is 2. The zero-order chi connectivity index (χ0) is 14.5. The molecule has 0 spiro atoms. The molecule has 2 saturated heterocycles. The predicted octanol–water partition coefficient (Wildman–Crippen LogP) is -0.404. The first-order chi connectivity index (χ1) is 9.29. The lowest BCUT2D eigenvalue weighted by Gasteiger charge is -2.27. The molecule has 0 aromatic carbocycles. The third-order valence-electron chi connectivity index (χ3n) is 5.07. The lowest BCUT2D eigenvalue weighted by atomic mass is 10.00. The van der Waals surface area contributed by atoms with Gasteiger partial charge in [0.25, 0.3) is 0 Å². The van der Waals surface area contributed by atoms with E-state index in [1.165, 1.54) is 4.31 Å². The van der Waals surface area contributed by atoms with Gasteiger partial charge < -0.3 is 5.11 Å². The van der Waals surface area contributed by atoms with E-state index in [9.17, 15) is 21.9 Å². The topological polar surface area (TPSA) is 91.8 Å². The van der Waals surface area contributed by atoms with Crippen LogP contribution < -0.4 is 0 Å². The van der Waals surface area contributed by atoms with Gasteiger partial charge in [0.2, 0.25) is 10.0 Å². The molecule has 2 aliphatic heterocycles. The van der Waals surface area contributed by atoms with Crippen LogP contribution in [0.15, 0.2) is 0 Å². The quantitative estimate of drug-likeness (QED) is 0.746. The smallest absolute Gasteiger partial charge is 0.217 e. The average Bonchev–Trinajstić information content (AvgIpc) is 2.92. The first-order valence-electron chi connectivity index (χ1n) is 7.17. The highest BCUT2D eigenvalue weighted by atomic mass is 32.2. The van der Waals surface area contributed by atoms with Crippen LogP contribution in [0.2, 0.25) is 0 Å². The van der Waals surface area contributed by atoms with Gasteiger partial charge in [-0.05, 0) is 31.6 Å². The fourth-order valence-corrected chi connectivity index (χ4v) is 7.60. The van der Waals surface area contributed by atoms with E-state index in [4.69, 9.17) is 0 Å². The van der Waals surface area contributed by atoms with Crippen LogP contribution in [0.1, 0.15) is 25.7 Å². The Morgan fingerprint density at radius 2 is 1.65 bits per heavy atom. The second kappa shape index (κ2) is 4.93. The minimum absolute atomic E-state index is 0.0276. The van der Waals surface area contributed by atoms with Gasteiger partial charge in [-0.15, -0.1) is 0 Å². The number of hydrogen-bond acceptors (Lipinski definition) is 5. The number of aliphatic hydroxyl groups excluding tert-OH is 1. The molecule has 6 nitrogen and oxygen atoms in total. The minimum Gasteiger partial charge on any atom is -0.393 e. The fraction of sp³-hybridized carbons (Fsp3) is 1.00. The fourth-order valence-electron chi connectivity index (χ4n) is 3.78. The van der Waals surface area contributed by atoms with Crippen molar-refractivity contribution in [1.82, 2.24) is 4.31 Å². The number of sulfone groups is 1. The van der Waals surface area contributed by atoms with Crippen molar-refractivity contribution in [3.63, 3.8) is 0 Å². The molecule has 1 N–H and O–H groups in total. The number of fused-ring (bicyclic) bond motifs is 1. The maximum atomic E-state index is 12.6. The van der Waals surface area contributed by atoms with Gasteiger partial charge >= 0.3 is 0 Å². The van der Waals surface area contributed by atoms with Crippen molar-refractivity contribution in [3.8, 4) is 0 Å². The highest BCUT2D eigenvalue weighted by Crippen LogP contribution is 2.40. The Hall–Kier alpha value is -0.180. The average molecular weight is 323 g/mol. The van der Waals surface area contributed by atoms with Crippen LogP contribution in [0.4, 0.5) is 0 Å². The van der Waals surface area contributed by atoms with Gasteiger partial charge in [0.15, 0.2) is 0 Å². The SMILES string of the molecule is O=S1(=O)CCC(S(=O)(=O)N2CC3CCC(O)C3C2)CC1. The molecule has 0 aromatic heterocycles. The second-order valence-corrected chi connectivity index (χ2v) is 10.8. The lowest BCUT2D eigenvalue weighted by molar-refractivity contribution is 0.129. The zero-order valence-corrected chi connectivity index (χ0v) is 12.9. The van der Waals surface area contributed by atoms with E-state index in [0.717, 1.165) is 12.8 Å². The molecule has 3 aliphatic rings. The first kappa shape index (κ1) is 14.7. The molecule has 20 heavy (non-hydrogen) atoms. The monoisotopic (exact) mass is 323 g/mol. The molecule has 2 heterocycles. The molecule has 3 atom stereocenters. The van der Waals surface area contributed by atoms with Crippen molar-refractivity contribution in [3.05, 3.63) is 0 Å². The molecule has 0 aromatic rings. The Balaban J connectivity index is 1.71. The Labute approximate surface area is 120 Å². The summed E-state index contributed by atoms with van der Waals surface area (Å²) in [6, 6.07) is 0. The summed E-state index contributed by atoms with van der Waals surface area (Å²) >= 11 is 0. The molecule has 3 fully saturated rings. The minimum atomic E-state index is -3.42. The molecule has 1 saturated carbocycles. The summed E-state index contributed by atoms with van der Waals surface area (Å²) in [6.07, 6.45) is 1.69. The van der Waals surface area contributed by atoms with Crippen LogP contribution in [0, 0.1) is 11.8 Å². The normalized spacial score (nSPS) is 39.0. The third-order valence-corrected chi connectivity index (χ3v) is 9.12. The molecule has 0 amide bonds. The molecular weight excluding hydrogens is 302 g/mol. The van der Waals surface area contributed by atoms with Gasteiger partial charge in [-0.1, -0.05) is 0 Å². The Bertz CT molecular complexity index is 571. The van der Waals surface area contributed by atoms with Gasteiger partial charge in [-0.2, -0.15) is 0 Å². The summed E-state index contributed by atoms with van der Waals surface area (Å²) in [5.41, 5.74) is 0. The molecule has 116 valence electrons. The maximum absolute atomic E-state index is 12.6. The number of nitrogens with zero attached hydrogens (tertiary/aromatic N) is 1. The van der Waals surface area contributed by atoms with Crippen LogP contribution in [-0.4, -0.2) is 62.2 Å². The number of sulfonamides is 1. The molecular formula is C12H21NO5S2. The van der Waals surface area contributed by atoms with Crippen molar-refractivity contribution >= 4 is 19.9 Å². The summed E-state index contributed by atoms with van der Waals surface area (Å²) in [6.45, 7) is 0.894. The largest absolute Gasteiger partial charge is 0.393 e. The summed E-state index contributed by atoms with van der Waals surface area (Å²) < 4.78 is 49.5. The van der Waals surface area contributed by atoms with Crippen LogP contribution in [0.3, 0.4) is 0 Å². The van der Waals surface area contributed by atoms with E-state index in [-0.39, 0.29) is 42.3 Å². The highest BCUT2D eigenvalue weighted by Gasteiger charge is 2.47. The van der Waals surface area contributed by atoms with Crippen LogP contribution >= 0.6 is 0 Å². The van der Waals surface area contributed by atoms with Crippen molar-refractivity contribution in [1.29, 1.82) is 0 Å². The molecule has 3 rings (SSSR count). The molecule has 0 radical (unpaired) electrons. The van der Waals surface area contributed by atoms with Gasteiger partial charge in [-0.25, -0.2) is 21.1 Å². The summed E-state index contributed by atoms with van der Waals surface area (Å²) in [7, 11) is -6.47. The van der Waals surface area contributed by atoms with E-state index in [2.05, 4.69) is 0 Å². The first-order valence-corrected chi connectivity index (χ1v) is 10.5. The van der Waals surface area contributed by atoms with Crippen LogP contribution in [0.25, 0.3) is 0 Å². The highest BCUT2D eigenvalue weighted by molar-refractivity contribution is 7.92. The van der Waals surface area contributed by atoms with Crippen molar-refractivity contribution in [2.45, 2.75) is 37.0 Å². The third kappa shape index (κ3) is 2.51. The predicted molar refractivity (Wildman–Crippen MR) is 74.4 cm³/mol. The molecule has 8 heteroatoms. The van der Waals surface area contributed by atoms with Crippen molar-refractivity contribution < 1.29 is 21.9 Å². The molecule has 1 aliphatic carbocycles. The van der Waals surface area contributed by atoms with Crippen molar-refractivity contribution in [2.75, 3.05) is 24.6 Å². The zero-order valence-electron chi connectivity index (χ0n) is 11.3. The molecule has 0 bridgehead atoms. The van der Waals surface area contributed by atoms with Crippen LogP contribution in [-0.2, 0) is 19.9 Å². The van der Waals surface area contributed by atoms with E-state index in [0.29, 0.717) is 13.1 Å². The number of hydrogen-bond donors (Lipinski definition) is 1. The summed E-state index contributed by atoms with van der Waals surface area (Å²) in [5.74, 6) is 0.282. The van der Waals surface area contributed by atoms with E-state index >= 15 is 0 Å². The standard InChI is InChI=1S/C12H21NO5S2/c14-12-2-1-9-7-13(8-11(9)12)20(17,18)10-3-5-19(15,16)6-4-10/h9-12,14H,1-8H2. The van der Waals surface area contributed by atoms with Gasteiger partial charge in [0.1, 0.15) is 9.84 Å². The number of aliphatic hydroxyl groups is 1. The van der Waals surface area contributed by atoms with Gasteiger partial charge in [-0.3, -0.25) is 0 Å².